The molecule has 0 saturated carbocycles. The molecule has 0 aromatic heterocycles. The van der Waals surface area contributed by atoms with Crippen molar-refractivity contribution in [2.24, 2.45) is 11.5 Å². The Morgan fingerprint density at radius 3 is 2.36 bits per heavy atom. The number of unbranched alkanes of at least 4 members (excludes halogenated alkanes) is 1. The van der Waals surface area contributed by atoms with Crippen LogP contribution in [0, 0.1) is 10.1 Å². The average molecular weight is 670 g/mol. The van der Waals surface area contributed by atoms with Gasteiger partial charge in [0.2, 0.25) is 23.5 Å². The van der Waals surface area contributed by atoms with Gasteiger partial charge in [-0.25, -0.2) is 0 Å². The van der Waals surface area contributed by atoms with Crippen LogP contribution in [0.15, 0.2) is 42.5 Å². The maximum absolute atomic E-state index is 13.4. The number of quaternary nitrogens is 1. The molecule has 16 nitrogen and oxygen atoms in total. The fraction of sp³-hybridized carbons (Fsp3) is 0.393. The number of carboxylic acids is 1. The molecule has 47 heavy (non-hydrogen) atoms. The second kappa shape index (κ2) is 16.9. The Hall–Kier alpha value is -5.30. The van der Waals surface area contributed by atoms with Crippen molar-refractivity contribution in [3.63, 3.8) is 0 Å². The number of hydrogen-bond donors (Lipinski definition) is 6. The summed E-state index contributed by atoms with van der Waals surface area (Å²) in [5, 5.41) is 28.4. The van der Waals surface area contributed by atoms with Gasteiger partial charge in [0.05, 0.1) is 4.92 Å². The molecule has 2 aliphatic heterocycles. The highest BCUT2D eigenvalue weighted by Crippen LogP contribution is 2.33. The van der Waals surface area contributed by atoms with Crippen LogP contribution >= 0.6 is 0 Å². The molecule has 4 rings (SSSR count). The van der Waals surface area contributed by atoms with Crippen LogP contribution in [0.25, 0.3) is 0 Å². The SMILES string of the molecule is C[C@H](NC(=O)[C@@H]1NC(=O)[C@H](CCCCN)NC(=O)[C@H]([NH3+])Cc2ccc(c([N+](=O)[O-])c2)Oc2cccc1c2)C(N)=O.O=C([O-])C(F)(F)F. The first-order valence-corrected chi connectivity index (χ1v) is 14.0. The number of carboxylic acid groups (broad SMARTS) is 1. The summed E-state index contributed by atoms with van der Waals surface area (Å²) in [4.78, 5) is 71.3. The van der Waals surface area contributed by atoms with Crippen molar-refractivity contribution in [3.05, 3.63) is 63.7 Å². The zero-order valence-corrected chi connectivity index (χ0v) is 25.0. The molecule has 2 aliphatic rings. The highest BCUT2D eigenvalue weighted by atomic mass is 19.4. The number of carbonyl (C=O) groups is 5. The van der Waals surface area contributed by atoms with Gasteiger partial charge >= 0.3 is 11.9 Å². The monoisotopic (exact) mass is 669 g/mol. The van der Waals surface area contributed by atoms with E-state index in [1.807, 2.05) is 0 Å². The van der Waals surface area contributed by atoms with Crippen molar-refractivity contribution in [1.29, 1.82) is 0 Å². The number of nitro groups is 1. The molecule has 2 heterocycles. The Morgan fingerprint density at radius 2 is 1.79 bits per heavy atom. The van der Waals surface area contributed by atoms with Crippen LogP contribution in [0.3, 0.4) is 0 Å². The Kier molecular flexibility index (Phi) is 13.6. The molecule has 2 aromatic carbocycles. The minimum Gasteiger partial charge on any atom is -0.542 e. The number of benzene rings is 2. The van der Waals surface area contributed by atoms with Crippen LogP contribution in [0.5, 0.6) is 11.5 Å². The van der Waals surface area contributed by atoms with Gasteiger partial charge < -0.3 is 47.8 Å². The Morgan fingerprint density at radius 1 is 1.13 bits per heavy atom. The van der Waals surface area contributed by atoms with Crippen LogP contribution in [0.2, 0.25) is 0 Å². The predicted molar refractivity (Wildman–Crippen MR) is 154 cm³/mol. The van der Waals surface area contributed by atoms with Gasteiger partial charge in [0.1, 0.15) is 29.8 Å². The van der Waals surface area contributed by atoms with Gasteiger partial charge in [-0.05, 0) is 62.1 Å². The van der Waals surface area contributed by atoms with E-state index in [0.29, 0.717) is 24.9 Å². The number of carbonyl (C=O) groups excluding carboxylic acids is 5. The molecule has 19 heteroatoms. The first-order valence-electron chi connectivity index (χ1n) is 14.0. The molecular weight excluding hydrogens is 635 g/mol. The zero-order chi connectivity index (χ0) is 35.5. The Labute approximate surface area is 265 Å². The van der Waals surface area contributed by atoms with Crippen LogP contribution in [-0.2, 0) is 30.4 Å². The summed E-state index contributed by atoms with van der Waals surface area (Å²) in [6.07, 6.45) is -3.78. The van der Waals surface area contributed by atoms with Gasteiger partial charge in [-0.15, -0.1) is 0 Å². The molecule has 4 atom stereocenters. The zero-order valence-electron chi connectivity index (χ0n) is 25.0. The largest absolute Gasteiger partial charge is 0.542 e. The van der Waals surface area contributed by atoms with Crippen molar-refractivity contribution < 1.29 is 57.6 Å². The lowest BCUT2D eigenvalue weighted by Gasteiger charge is -2.25. The van der Waals surface area contributed by atoms with E-state index in [1.54, 1.807) is 18.2 Å². The number of primary amides is 1. The summed E-state index contributed by atoms with van der Waals surface area (Å²) < 4.78 is 37.4. The molecule has 256 valence electrons. The van der Waals surface area contributed by atoms with Gasteiger partial charge in [0, 0.05) is 12.5 Å². The van der Waals surface area contributed by atoms with Gasteiger partial charge in [-0.2, -0.15) is 13.2 Å². The van der Waals surface area contributed by atoms with E-state index in [9.17, 15) is 42.5 Å². The number of alkyl halides is 3. The normalized spacial score (nSPS) is 18.7. The second-order valence-corrected chi connectivity index (χ2v) is 10.3. The fourth-order valence-electron chi connectivity index (χ4n) is 4.14. The number of nitrogens with zero attached hydrogens (tertiary/aromatic N) is 1. The third kappa shape index (κ3) is 11.5. The first-order chi connectivity index (χ1) is 21.9. The van der Waals surface area contributed by atoms with Crippen molar-refractivity contribution in [2.75, 3.05) is 6.54 Å². The lowest BCUT2D eigenvalue weighted by Crippen LogP contribution is -2.69. The van der Waals surface area contributed by atoms with E-state index in [-0.39, 0.29) is 35.6 Å². The summed E-state index contributed by atoms with van der Waals surface area (Å²) in [6.45, 7) is 1.78. The molecule has 4 bridgehead atoms. The minimum absolute atomic E-state index is 0.0598. The highest BCUT2D eigenvalue weighted by Gasteiger charge is 2.32. The number of ether oxygens (including phenoxy) is 1. The summed E-state index contributed by atoms with van der Waals surface area (Å²) in [5.74, 6) is -5.61. The Bertz CT molecular complexity index is 1490. The van der Waals surface area contributed by atoms with E-state index < -0.39 is 64.9 Å². The number of nitro benzene ring substituents is 1. The first kappa shape index (κ1) is 37.9. The lowest BCUT2D eigenvalue weighted by molar-refractivity contribution is -0.403. The van der Waals surface area contributed by atoms with Crippen LogP contribution in [-0.4, -0.2) is 65.4 Å². The number of nitrogens with two attached hydrogens (primary N) is 2. The fourth-order valence-corrected chi connectivity index (χ4v) is 4.14. The standard InChI is InChI=1S/C26H33N7O7.C2HF3O2/c1-14(23(29)34)30-26(37)22-16-5-4-6-17(13-16)40-21-9-8-15(12-20(21)33(38)39)11-18(28)24(35)31-19(25(36)32-22)7-2-3-10-27;3-2(4,5)1(6)7/h4-6,8-9,12-14,18-19,22H,2-3,7,10-11,27-28H2,1H3,(H2,29,34)(H,30,37)(H,31,35)(H,32,36);(H,6,7)/t14-,18+,19-,22+;/m0./s1. The molecule has 0 spiro atoms. The van der Waals surface area contributed by atoms with Crippen molar-refractivity contribution in [1.82, 2.24) is 16.0 Å². The van der Waals surface area contributed by atoms with Gasteiger partial charge in [-0.3, -0.25) is 29.3 Å². The predicted octanol–water partition coefficient (Wildman–Crippen LogP) is -1.39. The molecule has 0 radical (unpaired) electrons. The van der Waals surface area contributed by atoms with Gasteiger partial charge in [0.25, 0.3) is 5.91 Å². The van der Waals surface area contributed by atoms with E-state index >= 15 is 0 Å². The van der Waals surface area contributed by atoms with Gasteiger partial charge in [0.15, 0.2) is 6.04 Å². The van der Waals surface area contributed by atoms with Gasteiger partial charge in [-0.1, -0.05) is 18.2 Å². The molecule has 0 saturated heterocycles. The molecule has 4 amide bonds. The molecule has 0 fully saturated rings. The third-order valence-corrected chi connectivity index (χ3v) is 6.64. The Balaban J connectivity index is 0.000000984. The van der Waals surface area contributed by atoms with Crippen molar-refractivity contribution in [2.45, 2.75) is 63.0 Å². The quantitative estimate of drug-likeness (QED) is 0.109. The highest BCUT2D eigenvalue weighted by molar-refractivity contribution is 5.95. The summed E-state index contributed by atoms with van der Waals surface area (Å²) >= 11 is 0. The molecular formula is C28H34F3N7O9. The second-order valence-electron chi connectivity index (χ2n) is 10.3. The minimum atomic E-state index is -5.19. The van der Waals surface area contributed by atoms with E-state index in [1.165, 1.54) is 31.2 Å². The van der Waals surface area contributed by atoms with Crippen LogP contribution in [0.4, 0.5) is 18.9 Å². The molecule has 0 unspecified atom stereocenters. The van der Waals surface area contributed by atoms with E-state index in [4.69, 9.17) is 26.1 Å². The van der Waals surface area contributed by atoms with Crippen molar-refractivity contribution in [3.8, 4) is 11.5 Å². The summed E-state index contributed by atoms with van der Waals surface area (Å²) in [7, 11) is 0. The summed E-state index contributed by atoms with van der Waals surface area (Å²) in [5.41, 5.74) is 15.2. The third-order valence-electron chi connectivity index (χ3n) is 6.64. The summed E-state index contributed by atoms with van der Waals surface area (Å²) in [6, 6.07) is 6.11. The average Bonchev–Trinajstić information content (AvgIpc) is 2.99. The number of hydrogen-bond acceptors (Lipinski definition) is 10. The molecule has 2 aromatic rings. The van der Waals surface area contributed by atoms with Crippen LogP contribution < -0.4 is 43.0 Å². The number of aliphatic carboxylic acids is 1. The molecule has 0 aliphatic carbocycles. The number of halogens is 3. The topological polar surface area (TPSA) is 277 Å². The number of nitrogens with one attached hydrogen (secondary N) is 3. The maximum Gasteiger partial charge on any atom is 0.430 e. The smallest absolute Gasteiger partial charge is 0.430 e. The number of amides is 4. The van der Waals surface area contributed by atoms with Crippen LogP contribution in [0.1, 0.15) is 43.4 Å². The van der Waals surface area contributed by atoms with E-state index in [0.717, 1.165) is 0 Å². The number of rotatable bonds is 8. The van der Waals surface area contributed by atoms with E-state index in [2.05, 4.69) is 21.7 Å². The van der Waals surface area contributed by atoms with Crippen molar-refractivity contribution >= 4 is 35.3 Å². The number of fused-ring (bicyclic) bond motifs is 9. The maximum atomic E-state index is 13.4. The lowest BCUT2D eigenvalue weighted by atomic mass is 10.0. The molecule has 10 N–H and O–H groups in total.